The van der Waals surface area contributed by atoms with Crippen molar-refractivity contribution in [2.75, 3.05) is 6.61 Å². The third-order valence-electron chi connectivity index (χ3n) is 4.54. The molecule has 21 heavy (non-hydrogen) atoms. The lowest BCUT2D eigenvalue weighted by atomic mass is 9.78. The summed E-state index contributed by atoms with van der Waals surface area (Å²) in [5.74, 6) is 0.396. The maximum absolute atomic E-state index is 11.9. The zero-order chi connectivity index (χ0) is 15.4. The summed E-state index contributed by atoms with van der Waals surface area (Å²) in [5.41, 5.74) is 0.447. The van der Waals surface area contributed by atoms with Crippen LogP contribution in [0.1, 0.15) is 43.6 Å². The maximum atomic E-state index is 11.9. The molecule has 1 saturated carbocycles. The van der Waals surface area contributed by atoms with Gasteiger partial charge in [-0.25, -0.2) is 4.79 Å². The Labute approximate surface area is 125 Å². The van der Waals surface area contributed by atoms with Crippen LogP contribution >= 0.6 is 0 Å². The van der Waals surface area contributed by atoms with Crippen LogP contribution in [0.15, 0.2) is 18.3 Å². The summed E-state index contributed by atoms with van der Waals surface area (Å²) in [6, 6.07) is 3.63. The van der Waals surface area contributed by atoms with Gasteiger partial charge in [-0.15, -0.1) is 0 Å². The maximum Gasteiger partial charge on any atom is 0.355 e. The summed E-state index contributed by atoms with van der Waals surface area (Å²) in [4.78, 5) is 23.7. The van der Waals surface area contributed by atoms with E-state index < -0.39 is 5.97 Å². The van der Waals surface area contributed by atoms with Crippen molar-refractivity contribution in [2.24, 2.45) is 18.9 Å². The minimum atomic E-state index is -0.470. The summed E-state index contributed by atoms with van der Waals surface area (Å²) in [5, 5.41) is 2.99. The van der Waals surface area contributed by atoms with E-state index in [0.717, 1.165) is 12.8 Å². The van der Waals surface area contributed by atoms with Gasteiger partial charge in [-0.05, 0) is 30.4 Å². The minimum absolute atomic E-state index is 0.190. The van der Waals surface area contributed by atoms with Gasteiger partial charge in [0.2, 0.25) is 0 Å². The van der Waals surface area contributed by atoms with Crippen LogP contribution in [0.2, 0.25) is 0 Å². The molecule has 0 saturated heterocycles. The predicted molar refractivity (Wildman–Crippen MR) is 79.8 cm³/mol. The first-order chi connectivity index (χ1) is 9.99. The van der Waals surface area contributed by atoms with Gasteiger partial charge in [0.15, 0.2) is 6.61 Å². The second-order valence-corrected chi connectivity index (χ2v) is 6.02. The van der Waals surface area contributed by atoms with Crippen molar-refractivity contribution in [1.82, 2.24) is 9.88 Å². The highest BCUT2D eigenvalue weighted by molar-refractivity contribution is 5.89. The number of nitrogens with zero attached hydrogens (tertiary/aromatic N) is 1. The summed E-state index contributed by atoms with van der Waals surface area (Å²) < 4.78 is 6.73. The fourth-order valence-corrected chi connectivity index (χ4v) is 2.91. The Morgan fingerprint density at radius 3 is 2.81 bits per heavy atom. The zero-order valence-corrected chi connectivity index (χ0v) is 13.0. The molecule has 5 nitrogen and oxygen atoms in total. The number of nitrogens with one attached hydrogen (secondary N) is 1. The van der Waals surface area contributed by atoms with Gasteiger partial charge in [0.25, 0.3) is 5.91 Å². The van der Waals surface area contributed by atoms with Crippen LogP contribution in [0.25, 0.3) is 0 Å². The van der Waals surface area contributed by atoms with E-state index in [9.17, 15) is 9.59 Å². The van der Waals surface area contributed by atoms with Crippen molar-refractivity contribution >= 4 is 11.9 Å². The van der Waals surface area contributed by atoms with E-state index in [1.165, 1.54) is 6.42 Å². The average molecular weight is 292 g/mol. The molecular formula is C16H24N2O3. The number of carbonyl (C=O) groups is 2. The van der Waals surface area contributed by atoms with Gasteiger partial charge in [-0.1, -0.05) is 26.7 Å². The van der Waals surface area contributed by atoms with Crippen molar-refractivity contribution in [2.45, 2.75) is 39.2 Å². The number of ether oxygens (including phenoxy) is 1. The second-order valence-electron chi connectivity index (χ2n) is 6.02. The summed E-state index contributed by atoms with van der Waals surface area (Å²) in [6.07, 6.45) is 5.13. The highest BCUT2D eigenvalue weighted by Crippen LogP contribution is 2.29. The molecule has 5 heteroatoms. The van der Waals surface area contributed by atoms with Crippen molar-refractivity contribution in [1.29, 1.82) is 0 Å². The van der Waals surface area contributed by atoms with Crippen LogP contribution in [0.3, 0.4) is 0 Å². The monoisotopic (exact) mass is 292 g/mol. The Balaban J connectivity index is 1.80. The molecule has 1 N–H and O–H groups in total. The van der Waals surface area contributed by atoms with Gasteiger partial charge in [0.1, 0.15) is 5.69 Å². The third-order valence-corrected chi connectivity index (χ3v) is 4.54. The first-order valence-electron chi connectivity index (χ1n) is 7.57. The molecule has 0 spiro atoms. The van der Waals surface area contributed by atoms with Gasteiger partial charge in [0, 0.05) is 19.3 Å². The molecule has 1 aliphatic rings. The molecule has 0 unspecified atom stereocenters. The molecule has 1 fully saturated rings. The molecular weight excluding hydrogens is 268 g/mol. The summed E-state index contributed by atoms with van der Waals surface area (Å²) in [7, 11) is 1.77. The largest absolute Gasteiger partial charge is 0.451 e. The normalized spacial score (nSPS) is 25.4. The molecule has 1 aromatic heterocycles. The molecule has 116 valence electrons. The lowest BCUT2D eigenvalue weighted by Crippen LogP contribution is -2.45. The van der Waals surface area contributed by atoms with E-state index in [1.54, 1.807) is 29.9 Å². The van der Waals surface area contributed by atoms with E-state index in [4.69, 9.17) is 4.74 Å². The predicted octanol–water partition coefficient (Wildman–Crippen LogP) is 2.12. The summed E-state index contributed by atoms with van der Waals surface area (Å²) in [6.45, 7) is 4.17. The number of aromatic nitrogens is 1. The number of hydrogen-bond acceptors (Lipinski definition) is 3. The van der Waals surface area contributed by atoms with Gasteiger partial charge in [-0.2, -0.15) is 0 Å². The average Bonchev–Trinajstić information content (AvgIpc) is 2.87. The molecule has 0 aliphatic heterocycles. The fourth-order valence-electron chi connectivity index (χ4n) is 2.91. The molecule has 1 amide bonds. The molecule has 0 aromatic carbocycles. The molecule has 0 bridgehead atoms. The summed E-state index contributed by atoms with van der Waals surface area (Å²) >= 11 is 0. The smallest absolute Gasteiger partial charge is 0.355 e. The molecule has 2 rings (SSSR count). The van der Waals surface area contributed by atoms with E-state index in [2.05, 4.69) is 19.2 Å². The van der Waals surface area contributed by atoms with Crippen molar-refractivity contribution in [3.63, 3.8) is 0 Å². The SMILES string of the molecule is C[C@H]1[C@@H](NC(=O)COC(=O)c2cccn2C)CCC[C@@H]1C. The van der Waals surface area contributed by atoms with Gasteiger partial charge in [-0.3, -0.25) is 4.79 Å². The lowest BCUT2D eigenvalue weighted by Gasteiger charge is -2.34. The van der Waals surface area contributed by atoms with Crippen molar-refractivity contribution < 1.29 is 14.3 Å². The van der Waals surface area contributed by atoms with Crippen LogP contribution in [-0.4, -0.2) is 29.1 Å². The number of amides is 1. The van der Waals surface area contributed by atoms with E-state index in [-0.39, 0.29) is 18.6 Å². The van der Waals surface area contributed by atoms with Crippen molar-refractivity contribution in [3.8, 4) is 0 Å². The number of carbonyl (C=O) groups excluding carboxylic acids is 2. The molecule has 0 radical (unpaired) electrons. The van der Waals surface area contributed by atoms with Gasteiger partial charge in [0.05, 0.1) is 0 Å². The number of esters is 1. The van der Waals surface area contributed by atoms with Gasteiger partial charge >= 0.3 is 5.97 Å². The Kier molecular flexibility index (Phi) is 5.04. The van der Waals surface area contributed by atoms with E-state index in [1.807, 2.05) is 0 Å². The van der Waals surface area contributed by atoms with Gasteiger partial charge < -0.3 is 14.6 Å². The third kappa shape index (κ3) is 3.86. The van der Waals surface area contributed by atoms with Crippen LogP contribution in [0.4, 0.5) is 0 Å². The Hall–Kier alpha value is -1.78. The number of aryl methyl sites for hydroxylation is 1. The molecule has 1 heterocycles. The first kappa shape index (κ1) is 15.6. The Morgan fingerprint density at radius 2 is 2.14 bits per heavy atom. The van der Waals surface area contributed by atoms with Crippen molar-refractivity contribution in [3.05, 3.63) is 24.0 Å². The highest BCUT2D eigenvalue weighted by atomic mass is 16.5. The minimum Gasteiger partial charge on any atom is -0.451 e. The lowest BCUT2D eigenvalue weighted by molar-refractivity contribution is -0.125. The number of hydrogen-bond donors (Lipinski definition) is 1. The number of rotatable bonds is 4. The standard InChI is InChI=1S/C16H24N2O3/c1-11-6-4-7-13(12(11)2)17-15(19)10-21-16(20)14-8-5-9-18(14)3/h5,8-9,11-13H,4,6-7,10H2,1-3H3,(H,17,19)/t11-,12+,13-/m0/s1. The molecule has 1 aromatic rings. The van der Waals surface area contributed by atoms with E-state index >= 15 is 0 Å². The second kappa shape index (κ2) is 6.78. The highest BCUT2D eigenvalue weighted by Gasteiger charge is 2.28. The zero-order valence-electron chi connectivity index (χ0n) is 13.0. The Bertz CT molecular complexity index is 509. The molecule has 3 atom stereocenters. The van der Waals surface area contributed by atoms with Crippen LogP contribution < -0.4 is 5.32 Å². The Morgan fingerprint density at radius 1 is 1.38 bits per heavy atom. The van der Waals surface area contributed by atoms with Crippen LogP contribution in [0, 0.1) is 11.8 Å². The van der Waals surface area contributed by atoms with Crippen LogP contribution in [-0.2, 0) is 16.6 Å². The quantitative estimate of drug-likeness (QED) is 0.865. The fraction of sp³-hybridized carbons (Fsp3) is 0.625. The van der Waals surface area contributed by atoms with Crippen LogP contribution in [0.5, 0.6) is 0 Å². The first-order valence-corrected chi connectivity index (χ1v) is 7.57. The molecule has 1 aliphatic carbocycles. The van der Waals surface area contributed by atoms with E-state index in [0.29, 0.717) is 17.5 Å². The topological polar surface area (TPSA) is 60.3 Å².